The molecule has 0 fully saturated rings. The zero-order valence-corrected chi connectivity index (χ0v) is 10.7. The first-order valence-corrected chi connectivity index (χ1v) is 6.51. The molecule has 0 amide bonds. The van der Waals surface area contributed by atoms with Crippen molar-refractivity contribution in [1.82, 2.24) is 0 Å². The standard InChI is InChI=1S/C11H21NO2S/c1-4-6-7-15-9(3)10(12)8-11(13)14-5-2/h9,12H,4-8H2,1-3H3. The van der Waals surface area contributed by atoms with Crippen molar-refractivity contribution < 1.29 is 9.53 Å². The molecule has 0 aliphatic carbocycles. The smallest absolute Gasteiger partial charge is 0.311 e. The van der Waals surface area contributed by atoms with Crippen molar-refractivity contribution in [3.63, 3.8) is 0 Å². The van der Waals surface area contributed by atoms with Gasteiger partial charge in [0, 0.05) is 11.0 Å². The van der Waals surface area contributed by atoms with E-state index in [4.69, 9.17) is 10.1 Å². The molecular weight excluding hydrogens is 210 g/mol. The molecule has 0 aliphatic heterocycles. The van der Waals surface area contributed by atoms with E-state index in [0.29, 0.717) is 12.3 Å². The van der Waals surface area contributed by atoms with Crippen LogP contribution in [0.2, 0.25) is 0 Å². The minimum Gasteiger partial charge on any atom is -0.466 e. The van der Waals surface area contributed by atoms with Gasteiger partial charge in [0.2, 0.25) is 0 Å². The van der Waals surface area contributed by atoms with Crippen LogP contribution in [0.3, 0.4) is 0 Å². The molecule has 0 aromatic carbocycles. The lowest BCUT2D eigenvalue weighted by Crippen LogP contribution is -2.18. The van der Waals surface area contributed by atoms with E-state index in [1.807, 2.05) is 6.92 Å². The highest BCUT2D eigenvalue weighted by Gasteiger charge is 2.13. The minimum absolute atomic E-state index is 0.126. The van der Waals surface area contributed by atoms with Crippen LogP contribution in [0.4, 0.5) is 0 Å². The monoisotopic (exact) mass is 231 g/mol. The molecule has 0 radical (unpaired) electrons. The van der Waals surface area contributed by atoms with E-state index in [1.165, 1.54) is 12.8 Å². The molecular formula is C11H21NO2S. The Morgan fingerprint density at radius 3 is 2.67 bits per heavy atom. The van der Waals surface area contributed by atoms with Gasteiger partial charge in [0.1, 0.15) is 0 Å². The molecule has 3 nitrogen and oxygen atoms in total. The first-order chi connectivity index (χ1) is 7.11. The average Bonchev–Trinajstić information content (AvgIpc) is 2.18. The number of carbonyl (C=O) groups is 1. The summed E-state index contributed by atoms with van der Waals surface area (Å²) in [4.78, 5) is 11.1. The Hall–Kier alpha value is -0.510. The lowest BCUT2D eigenvalue weighted by molar-refractivity contribution is -0.141. The number of thioether (sulfide) groups is 1. The van der Waals surface area contributed by atoms with Crippen molar-refractivity contribution in [2.24, 2.45) is 0 Å². The Labute approximate surface area is 96.5 Å². The van der Waals surface area contributed by atoms with Crippen molar-refractivity contribution in [2.45, 2.75) is 45.3 Å². The van der Waals surface area contributed by atoms with E-state index < -0.39 is 0 Å². The normalized spacial score (nSPS) is 12.2. The summed E-state index contributed by atoms with van der Waals surface area (Å²) < 4.78 is 4.80. The molecule has 0 rings (SSSR count). The van der Waals surface area contributed by atoms with Gasteiger partial charge in [-0.15, -0.1) is 0 Å². The van der Waals surface area contributed by atoms with Crippen LogP contribution in [0.1, 0.15) is 40.0 Å². The third-order valence-electron chi connectivity index (χ3n) is 2.00. The van der Waals surface area contributed by atoms with E-state index in [1.54, 1.807) is 18.7 Å². The van der Waals surface area contributed by atoms with Gasteiger partial charge in [0.15, 0.2) is 0 Å². The van der Waals surface area contributed by atoms with Crippen LogP contribution >= 0.6 is 11.8 Å². The Bertz CT molecular complexity index is 207. The summed E-state index contributed by atoms with van der Waals surface area (Å²) in [6.45, 7) is 6.29. The first kappa shape index (κ1) is 14.5. The van der Waals surface area contributed by atoms with Crippen LogP contribution in [0.25, 0.3) is 0 Å². The average molecular weight is 231 g/mol. The molecule has 1 atom stereocenters. The molecule has 1 unspecified atom stereocenters. The lowest BCUT2D eigenvalue weighted by Gasteiger charge is -2.11. The van der Waals surface area contributed by atoms with Crippen molar-refractivity contribution in [3.8, 4) is 0 Å². The summed E-state index contributed by atoms with van der Waals surface area (Å²) in [5, 5.41) is 7.84. The predicted molar refractivity (Wildman–Crippen MR) is 65.8 cm³/mol. The summed E-state index contributed by atoms with van der Waals surface area (Å²) in [5.41, 5.74) is 0.467. The molecule has 88 valence electrons. The summed E-state index contributed by atoms with van der Waals surface area (Å²) in [6.07, 6.45) is 2.47. The van der Waals surface area contributed by atoms with E-state index >= 15 is 0 Å². The van der Waals surface area contributed by atoms with Gasteiger partial charge in [0.05, 0.1) is 13.0 Å². The van der Waals surface area contributed by atoms with Crippen LogP contribution in [-0.4, -0.2) is 29.3 Å². The van der Waals surface area contributed by atoms with Gasteiger partial charge in [-0.25, -0.2) is 0 Å². The molecule has 0 spiro atoms. The summed E-state index contributed by atoms with van der Waals surface area (Å²) in [5.74, 6) is 0.772. The first-order valence-electron chi connectivity index (χ1n) is 5.46. The molecule has 4 heteroatoms. The molecule has 0 saturated heterocycles. The minimum atomic E-state index is -0.287. The Morgan fingerprint density at radius 1 is 1.47 bits per heavy atom. The Morgan fingerprint density at radius 2 is 2.13 bits per heavy atom. The van der Waals surface area contributed by atoms with Crippen LogP contribution in [-0.2, 0) is 9.53 Å². The molecule has 0 bridgehead atoms. The molecule has 15 heavy (non-hydrogen) atoms. The second kappa shape index (κ2) is 8.77. The largest absolute Gasteiger partial charge is 0.466 e. The number of esters is 1. The van der Waals surface area contributed by atoms with E-state index in [9.17, 15) is 4.79 Å². The molecule has 1 N–H and O–H groups in total. The van der Waals surface area contributed by atoms with Gasteiger partial charge in [-0.2, -0.15) is 11.8 Å². The topological polar surface area (TPSA) is 50.2 Å². The molecule has 0 aromatic rings. The second-order valence-electron chi connectivity index (χ2n) is 3.37. The van der Waals surface area contributed by atoms with Gasteiger partial charge in [0.25, 0.3) is 0 Å². The number of hydrogen-bond acceptors (Lipinski definition) is 4. The molecule has 0 aliphatic rings. The second-order valence-corrected chi connectivity index (χ2v) is 4.82. The number of carbonyl (C=O) groups excluding carboxylic acids is 1. The summed E-state index contributed by atoms with van der Waals surface area (Å²) in [7, 11) is 0. The number of rotatable bonds is 8. The fourth-order valence-electron chi connectivity index (χ4n) is 1.02. The highest BCUT2D eigenvalue weighted by atomic mass is 32.2. The quantitative estimate of drug-likeness (QED) is 0.397. The highest BCUT2D eigenvalue weighted by molar-refractivity contribution is 8.00. The Kier molecular flexibility index (Phi) is 8.47. The van der Waals surface area contributed by atoms with Crippen LogP contribution in [0.5, 0.6) is 0 Å². The van der Waals surface area contributed by atoms with Gasteiger partial charge >= 0.3 is 5.97 Å². The van der Waals surface area contributed by atoms with E-state index in [-0.39, 0.29) is 17.6 Å². The zero-order chi connectivity index (χ0) is 11.7. The van der Waals surface area contributed by atoms with Crippen molar-refractivity contribution in [2.75, 3.05) is 12.4 Å². The summed E-state index contributed by atoms with van der Waals surface area (Å²) >= 11 is 1.74. The number of ether oxygens (including phenoxy) is 1. The fraction of sp³-hybridized carbons (Fsp3) is 0.818. The van der Waals surface area contributed by atoms with Crippen molar-refractivity contribution in [1.29, 1.82) is 5.41 Å². The van der Waals surface area contributed by atoms with Crippen molar-refractivity contribution >= 4 is 23.4 Å². The van der Waals surface area contributed by atoms with Crippen LogP contribution in [0.15, 0.2) is 0 Å². The third kappa shape index (κ3) is 7.42. The number of unbranched alkanes of at least 4 members (excludes halogenated alkanes) is 1. The van der Waals surface area contributed by atoms with Gasteiger partial charge in [-0.1, -0.05) is 13.3 Å². The van der Waals surface area contributed by atoms with Crippen molar-refractivity contribution in [3.05, 3.63) is 0 Å². The molecule has 0 saturated carbocycles. The number of hydrogen-bond donors (Lipinski definition) is 1. The van der Waals surface area contributed by atoms with Crippen LogP contribution < -0.4 is 0 Å². The maximum Gasteiger partial charge on any atom is 0.311 e. The molecule has 0 heterocycles. The van der Waals surface area contributed by atoms with E-state index in [0.717, 1.165) is 5.75 Å². The third-order valence-corrected chi connectivity index (χ3v) is 3.31. The van der Waals surface area contributed by atoms with Crippen LogP contribution in [0, 0.1) is 5.41 Å². The van der Waals surface area contributed by atoms with Gasteiger partial charge in [-0.05, 0) is 26.0 Å². The Balaban J connectivity index is 3.73. The van der Waals surface area contributed by atoms with Gasteiger partial charge < -0.3 is 10.1 Å². The SMILES string of the molecule is CCCCSC(C)C(=N)CC(=O)OCC. The molecule has 0 aromatic heterocycles. The lowest BCUT2D eigenvalue weighted by atomic mass is 10.2. The number of nitrogens with one attached hydrogen (secondary N) is 1. The zero-order valence-electron chi connectivity index (χ0n) is 9.84. The fourth-order valence-corrected chi connectivity index (χ4v) is 2.11. The highest BCUT2D eigenvalue weighted by Crippen LogP contribution is 2.15. The maximum absolute atomic E-state index is 11.1. The van der Waals surface area contributed by atoms with Gasteiger partial charge in [-0.3, -0.25) is 4.79 Å². The maximum atomic E-state index is 11.1. The summed E-state index contributed by atoms with van der Waals surface area (Å²) in [6, 6.07) is 0. The van der Waals surface area contributed by atoms with E-state index in [2.05, 4.69) is 6.92 Å². The predicted octanol–water partition coefficient (Wildman–Crippen LogP) is 2.88.